The maximum Gasteiger partial charge on any atom is 0.188 e. The van der Waals surface area contributed by atoms with Gasteiger partial charge in [-0.2, -0.15) is 0 Å². The number of nitrogens with one attached hydrogen (secondary N) is 1. The van der Waals surface area contributed by atoms with Crippen molar-refractivity contribution in [2.75, 3.05) is 0 Å². The predicted octanol–water partition coefficient (Wildman–Crippen LogP) is 1.45. The molecule has 1 saturated carbocycles. The Kier molecular flexibility index (Phi) is 3.52. The molecule has 0 saturated heterocycles. The Morgan fingerprint density at radius 1 is 1.61 bits per heavy atom. The van der Waals surface area contributed by atoms with E-state index in [0.717, 1.165) is 18.0 Å². The summed E-state index contributed by atoms with van der Waals surface area (Å²) >= 11 is 0. The lowest BCUT2D eigenvalue weighted by Gasteiger charge is -2.26. The molecule has 1 aromatic rings. The van der Waals surface area contributed by atoms with Crippen molar-refractivity contribution in [3.05, 3.63) is 29.6 Å². The number of oxime groups is 1. The molecule has 0 amide bonds. The number of hydrogen-bond donors (Lipinski definition) is 3. The van der Waals surface area contributed by atoms with E-state index in [0.29, 0.717) is 5.69 Å². The molecule has 2 rings (SSSR count). The third-order valence-electron chi connectivity index (χ3n) is 3.54. The quantitative estimate of drug-likeness (QED) is 0.319. The fourth-order valence-corrected chi connectivity index (χ4v) is 2.05. The molecule has 0 aliphatic heterocycles. The number of hydrogen-bond acceptors (Lipinski definition) is 4. The maximum absolute atomic E-state index is 8.63. The van der Waals surface area contributed by atoms with Gasteiger partial charge in [0.25, 0.3) is 0 Å². The second-order valence-electron chi connectivity index (χ2n) is 5.38. The smallest absolute Gasteiger partial charge is 0.188 e. The summed E-state index contributed by atoms with van der Waals surface area (Å²) in [6, 6.07) is 3.77. The number of aromatic nitrogens is 1. The van der Waals surface area contributed by atoms with Crippen LogP contribution in [0, 0.1) is 5.92 Å². The van der Waals surface area contributed by atoms with Gasteiger partial charge in [0, 0.05) is 18.3 Å². The molecule has 1 fully saturated rings. The third kappa shape index (κ3) is 2.98. The minimum absolute atomic E-state index is 0.0401. The van der Waals surface area contributed by atoms with Gasteiger partial charge in [-0.25, -0.2) is 0 Å². The first kappa shape index (κ1) is 12.8. The van der Waals surface area contributed by atoms with Gasteiger partial charge in [-0.05, 0) is 50.3 Å². The molecule has 5 nitrogen and oxygen atoms in total. The topological polar surface area (TPSA) is 83.5 Å². The van der Waals surface area contributed by atoms with Gasteiger partial charge in [0.2, 0.25) is 0 Å². The molecule has 5 heteroatoms. The van der Waals surface area contributed by atoms with Crippen molar-refractivity contribution in [1.82, 2.24) is 10.3 Å². The van der Waals surface area contributed by atoms with Crippen molar-refractivity contribution in [2.24, 2.45) is 16.8 Å². The van der Waals surface area contributed by atoms with E-state index in [1.807, 2.05) is 12.1 Å². The third-order valence-corrected chi connectivity index (χ3v) is 3.54. The van der Waals surface area contributed by atoms with Crippen LogP contribution in [-0.4, -0.2) is 21.6 Å². The molecule has 0 atom stereocenters. The highest BCUT2D eigenvalue weighted by Gasteiger charge is 2.37. The lowest BCUT2D eigenvalue weighted by molar-refractivity contribution is 0.318. The van der Waals surface area contributed by atoms with Crippen LogP contribution in [-0.2, 0) is 6.54 Å². The summed E-state index contributed by atoms with van der Waals surface area (Å²) in [5, 5.41) is 15.1. The van der Waals surface area contributed by atoms with Crippen LogP contribution in [0.25, 0.3) is 0 Å². The zero-order valence-electron chi connectivity index (χ0n) is 10.8. The van der Waals surface area contributed by atoms with E-state index in [1.165, 1.54) is 12.8 Å². The summed E-state index contributed by atoms with van der Waals surface area (Å²) in [6.45, 7) is 5.23. The van der Waals surface area contributed by atoms with Crippen LogP contribution in [0.4, 0.5) is 0 Å². The largest absolute Gasteiger partial charge is 0.409 e. The van der Waals surface area contributed by atoms with Crippen molar-refractivity contribution in [1.29, 1.82) is 0 Å². The fourth-order valence-electron chi connectivity index (χ4n) is 2.05. The zero-order chi connectivity index (χ0) is 13.2. The first-order valence-corrected chi connectivity index (χ1v) is 6.21. The van der Waals surface area contributed by atoms with Crippen LogP contribution in [0.1, 0.15) is 37.9 Å². The molecular formula is C13H20N4O. The summed E-state index contributed by atoms with van der Waals surface area (Å²) in [6.07, 6.45) is 4.30. The number of pyridine rings is 1. The van der Waals surface area contributed by atoms with E-state index in [1.54, 1.807) is 6.20 Å². The van der Waals surface area contributed by atoms with E-state index in [2.05, 4.69) is 29.3 Å². The molecule has 0 bridgehead atoms. The lowest BCUT2D eigenvalue weighted by atomic mass is 9.98. The highest BCUT2D eigenvalue weighted by atomic mass is 16.4. The molecular weight excluding hydrogens is 228 g/mol. The second kappa shape index (κ2) is 4.94. The summed E-state index contributed by atoms with van der Waals surface area (Å²) in [7, 11) is 0. The first-order valence-electron chi connectivity index (χ1n) is 6.21. The molecule has 0 unspecified atom stereocenters. The van der Waals surface area contributed by atoms with Crippen LogP contribution in [0.15, 0.2) is 23.5 Å². The average Bonchev–Trinajstić information content (AvgIpc) is 3.20. The molecule has 1 aliphatic rings. The van der Waals surface area contributed by atoms with Crippen LogP contribution in [0.2, 0.25) is 0 Å². The Labute approximate surface area is 107 Å². The number of amidine groups is 1. The van der Waals surface area contributed by atoms with Gasteiger partial charge in [-0.3, -0.25) is 4.98 Å². The Morgan fingerprint density at radius 2 is 2.33 bits per heavy atom. The first-order chi connectivity index (χ1) is 8.53. The second-order valence-corrected chi connectivity index (χ2v) is 5.38. The minimum Gasteiger partial charge on any atom is -0.409 e. The molecule has 1 heterocycles. The number of nitrogens with two attached hydrogens (primary N) is 1. The van der Waals surface area contributed by atoms with E-state index >= 15 is 0 Å². The number of nitrogens with zero attached hydrogens (tertiary/aromatic N) is 2. The number of rotatable bonds is 5. The standard InChI is InChI=1S/C13H20N4O/c1-13(2,10-3-4-10)16-8-9-5-6-15-11(7-9)12(14)17-18/h5-7,10,16,18H,3-4,8H2,1-2H3,(H2,14,17). The van der Waals surface area contributed by atoms with Crippen molar-refractivity contribution in [2.45, 2.75) is 38.8 Å². The van der Waals surface area contributed by atoms with Crippen LogP contribution >= 0.6 is 0 Å². The predicted molar refractivity (Wildman–Crippen MR) is 70.4 cm³/mol. The maximum atomic E-state index is 8.63. The molecule has 1 aromatic heterocycles. The fraction of sp³-hybridized carbons (Fsp3) is 0.538. The molecule has 0 aromatic carbocycles. The van der Waals surface area contributed by atoms with Crippen molar-refractivity contribution >= 4 is 5.84 Å². The van der Waals surface area contributed by atoms with E-state index in [9.17, 15) is 0 Å². The molecule has 98 valence electrons. The van der Waals surface area contributed by atoms with E-state index < -0.39 is 0 Å². The van der Waals surface area contributed by atoms with Crippen LogP contribution in [0.3, 0.4) is 0 Å². The van der Waals surface area contributed by atoms with Gasteiger partial charge >= 0.3 is 0 Å². The Balaban J connectivity index is 2.01. The molecule has 1 aliphatic carbocycles. The van der Waals surface area contributed by atoms with Gasteiger partial charge in [0.05, 0.1) is 0 Å². The molecule has 0 spiro atoms. The van der Waals surface area contributed by atoms with E-state index in [-0.39, 0.29) is 11.4 Å². The average molecular weight is 248 g/mol. The van der Waals surface area contributed by atoms with Gasteiger partial charge in [0.1, 0.15) is 5.69 Å². The van der Waals surface area contributed by atoms with Crippen LogP contribution < -0.4 is 11.1 Å². The van der Waals surface area contributed by atoms with Gasteiger partial charge in [-0.15, -0.1) is 0 Å². The van der Waals surface area contributed by atoms with Crippen molar-refractivity contribution in [3.63, 3.8) is 0 Å². The molecule has 4 N–H and O–H groups in total. The van der Waals surface area contributed by atoms with E-state index in [4.69, 9.17) is 10.9 Å². The summed E-state index contributed by atoms with van der Waals surface area (Å²) in [4.78, 5) is 4.06. The van der Waals surface area contributed by atoms with Crippen LogP contribution in [0.5, 0.6) is 0 Å². The summed E-state index contributed by atoms with van der Waals surface area (Å²) in [5.41, 5.74) is 7.27. The van der Waals surface area contributed by atoms with Gasteiger partial charge in [-0.1, -0.05) is 5.16 Å². The zero-order valence-corrected chi connectivity index (χ0v) is 10.8. The lowest BCUT2D eigenvalue weighted by Crippen LogP contribution is -2.40. The molecule has 18 heavy (non-hydrogen) atoms. The highest BCUT2D eigenvalue weighted by Crippen LogP contribution is 2.39. The summed E-state index contributed by atoms with van der Waals surface area (Å²) in [5.74, 6) is 0.821. The Hall–Kier alpha value is -1.62. The normalized spacial score (nSPS) is 16.9. The van der Waals surface area contributed by atoms with Crippen molar-refractivity contribution < 1.29 is 5.21 Å². The monoisotopic (exact) mass is 248 g/mol. The Morgan fingerprint density at radius 3 is 2.94 bits per heavy atom. The molecule has 0 radical (unpaired) electrons. The highest BCUT2D eigenvalue weighted by molar-refractivity contribution is 5.95. The Bertz CT molecular complexity index is 452. The van der Waals surface area contributed by atoms with Gasteiger partial charge < -0.3 is 16.3 Å². The minimum atomic E-state index is 0.0401. The van der Waals surface area contributed by atoms with Crippen molar-refractivity contribution in [3.8, 4) is 0 Å². The summed E-state index contributed by atoms with van der Waals surface area (Å²) < 4.78 is 0. The SMILES string of the molecule is CC(C)(NCc1ccnc(/C(N)=N/O)c1)C1CC1. The van der Waals surface area contributed by atoms with Gasteiger partial charge in [0.15, 0.2) is 5.84 Å².